The Morgan fingerprint density at radius 1 is 1.43 bits per heavy atom. The average molecular weight is 292 g/mol. The number of carboxylic acid groups (broad SMARTS) is 1. The molecule has 1 N–H and O–H groups in total. The van der Waals surface area contributed by atoms with E-state index in [2.05, 4.69) is 18.7 Å². The molecule has 1 aliphatic rings. The van der Waals surface area contributed by atoms with Crippen LogP contribution in [0.3, 0.4) is 0 Å². The lowest BCUT2D eigenvalue weighted by Gasteiger charge is -2.27. The SMILES string of the molecule is CCC1(CC)CCN(c2ccc([N+](=O)[O-])c(C(=O)O)c2)C1. The molecule has 0 amide bonds. The number of carboxylic acids is 1. The largest absolute Gasteiger partial charge is 0.477 e. The van der Waals surface area contributed by atoms with Gasteiger partial charge in [0.05, 0.1) is 4.92 Å². The first kappa shape index (κ1) is 15.3. The highest BCUT2D eigenvalue weighted by molar-refractivity contribution is 5.93. The van der Waals surface area contributed by atoms with E-state index in [0.717, 1.165) is 38.0 Å². The molecule has 1 fully saturated rings. The number of hydrogen-bond donors (Lipinski definition) is 1. The second-order valence-electron chi connectivity index (χ2n) is 5.64. The predicted octanol–water partition coefficient (Wildman–Crippen LogP) is 3.31. The maximum Gasteiger partial charge on any atom is 0.342 e. The van der Waals surface area contributed by atoms with E-state index in [1.54, 1.807) is 6.07 Å². The molecule has 0 atom stereocenters. The zero-order chi connectivity index (χ0) is 15.6. The summed E-state index contributed by atoms with van der Waals surface area (Å²) in [6.07, 6.45) is 3.23. The summed E-state index contributed by atoms with van der Waals surface area (Å²) in [7, 11) is 0. The van der Waals surface area contributed by atoms with Gasteiger partial charge in [-0.15, -0.1) is 0 Å². The molecule has 0 aliphatic carbocycles. The minimum Gasteiger partial charge on any atom is -0.477 e. The highest BCUT2D eigenvalue weighted by atomic mass is 16.6. The minimum absolute atomic E-state index is 0.247. The Balaban J connectivity index is 2.32. The lowest BCUT2D eigenvalue weighted by Crippen LogP contribution is -2.26. The van der Waals surface area contributed by atoms with Crippen LogP contribution in [0.4, 0.5) is 11.4 Å². The third-order valence-corrected chi connectivity index (χ3v) is 4.71. The Bertz CT molecular complexity index is 567. The first-order valence-corrected chi connectivity index (χ1v) is 7.19. The van der Waals surface area contributed by atoms with Crippen molar-refractivity contribution < 1.29 is 14.8 Å². The molecule has 21 heavy (non-hydrogen) atoms. The molecule has 1 saturated heterocycles. The minimum atomic E-state index is -1.26. The molecule has 6 nitrogen and oxygen atoms in total. The zero-order valence-electron chi connectivity index (χ0n) is 12.3. The van der Waals surface area contributed by atoms with Crippen LogP contribution in [0.5, 0.6) is 0 Å². The third-order valence-electron chi connectivity index (χ3n) is 4.71. The van der Waals surface area contributed by atoms with Crippen molar-refractivity contribution >= 4 is 17.3 Å². The Hall–Kier alpha value is -2.11. The van der Waals surface area contributed by atoms with Crippen LogP contribution in [0, 0.1) is 15.5 Å². The van der Waals surface area contributed by atoms with Crippen molar-refractivity contribution in [2.75, 3.05) is 18.0 Å². The number of nitrogens with zero attached hydrogens (tertiary/aromatic N) is 2. The van der Waals surface area contributed by atoms with Gasteiger partial charge in [-0.05, 0) is 36.8 Å². The van der Waals surface area contributed by atoms with Crippen LogP contribution in [-0.4, -0.2) is 29.1 Å². The molecule has 1 aliphatic heterocycles. The molecule has 1 aromatic rings. The number of hydrogen-bond acceptors (Lipinski definition) is 4. The Morgan fingerprint density at radius 3 is 2.57 bits per heavy atom. The van der Waals surface area contributed by atoms with E-state index in [0.29, 0.717) is 0 Å². The molecular weight excluding hydrogens is 272 g/mol. The van der Waals surface area contributed by atoms with Crippen molar-refractivity contribution in [2.24, 2.45) is 5.41 Å². The highest BCUT2D eigenvalue weighted by Crippen LogP contribution is 2.39. The van der Waals surface area contributed by atoms with Gasteiger partial charge >= 0.3 is 5.97 Å². The lowest BCUT2D eigenvalue weighted by atomic mass is 9.82. The van der Waals surface area contributed by atoms with Gasteiger partial charge in [0.2, 0.25) is 0 Å². The maximum absolute atomic E-state index is 11.2. The van der Waals surface area contributed by atoms with E-state index in [4.69, 9.17) is 5.11 Å². The van der Waals surface area contributed by atoms with Gasteiger partial charge in [-0.1, -0.05) is 13.8 Å². The van der Waals surface area contributed by atoms with Gasteiger partial charge in [0.25, 0.3) is 5.69 Å². The predicted molar refractivity (Wildman–Crippen MR) is 79.9 cm³/mol. The van der Waals surface area contributed by atoms with Crippen LogP contribution in [0.2, 0.25) is 0 Å². The first-order valence-electron chi connectivity index (χ1n) is 7.19. The molecule has 114 valence electrons. The molecule has 1 aromatic carbocycles. The molecule has 0 saturated carbocycles. The van der Waals surface area contributed by atoms with Crippen LogP contribution < -0.4 is 4.90 Å². The van der Waals surface area contributed by atoms with Crippen LogP contribution in [0.1, 0.15) is 43.5 Å². The van der Waals surface area contributed by atoms with Crippen molar-refractivity contribution in [3.8, 4) is 0 Å². The number of anilines is 1. The van der Waals surface area contributed by atoms with E-state index in [1.165, 1.54) is 12.1 Å². The van der Waals surface area contributed by atoms with E-state index in [1.807, 2.05) is 0 Å². The monoisotopic (exact) mass is 292 g/mol. The summed E-state index contributed by atoms with van der Waals surface area (Å²) >= 11 is 0. The van der Waals surface area contributed by atoms with Crippen molar-refractivity contribution in [3.05, 3.63) is 33.9 Å². The highest BCUT2D eigenvalue weighted by Gasteiger charge is 2.35. The fraction of sp³-hybridized carbons (Fsp3) is 0.533. The fourth-order valence-corrected chi connectivity index (χ4v) is 3.03. The second kappa shape index (κ2) is 5.71. The van der Waals surface area contributed by atoms with Gasteiger partial charge in [0.1, 0.15) is 5.56 Å². The molecule has 0 bridgehead atoms. The van der Waals surface area contributed by atoms with Crippen molar-refractivity contribution in [3.63, 3.8) is 0 Å². The Labute approximate surface area is 123 Å². The first-order chi connectivity index (χ1) is 9.92. The summed E-state index contributed by atoms with van der Waals surface area (Å²) in [6, 6.07) is 4.35. The number of carbonyl (C=O) groups is 1. The van der Waals surface area contributed by atoms with Crippen LogP contribution >= 0.6 is 0 Å². The standard InChI is InChI=1S/C15H20N2O4/c1-3-15(4-2)7-8-16(10-15)11-5-6-13(17(20)21)12(9-11)14(18)19/h5-6,9H,3-4,7-8,10H2,1-2H3,(H,18,19). The molecule has 0 radical (unpaired) electrons. The van der Waals surface area contributed by atoms with E-state index in [-0.39, 0.29) is 16.7 Å². The summed E-state index contributed by atoms with van der Waals surface area (Å²) in [5, 5.41) is 20.0. The quantitative estimate of drug-likeness (QED) is 0.665. The van der Waals surface area contributed by atoms with Crippen LogP contribution in [-0.2, 0) is 0 Å². The van der Waals surface area contributed by atoms with E-state index >= 15 is 0 Å². The molecule has 0 aromatic heterocycles. The topological polar surface area (TPSA) is 83.7 Å². The molecule has 6 heteroatoms. The van der Waals surface area contributed by atoms with E-state index < -0.39 is 10.9 Å². The van der Waals surface area contributed by atoms with Crippen molar-refractivity contribution in [1.82, 2.24) is 0 Å². The number of rotatable bonds is 5. The maximum atomic E-state index is 11.2. The summed E-state index contributed by atoms with van der Waals surface area (Å²) < 4.78 is 0. The summed E-state index contributed by atoms with van der Waals surface area (Å²) in [4.78, 5) is 23.6. The number of aromatic carboxylic acids is 1. The second-order valence-corrected chi connectivity index (χ2v) is 5.64. The number of nitro groups is 1. The summed E-state index contributed by atoms with van der Waals surface area (Å²) in [5.41, 5.74) is 0.415. The lowest BCUT2D eigenvalue weighted by molar-refractivity contribution is -0.385. The van der Waals surface area contributed by atoms with Gasteiger partial charge in [0, 0.05) is 24.8 Å². The van der Waals surface area contributed by atoms with Gasteiger partial charge in [-0.25, -0.2) is 4.79 Å². The van der Waals surface area contributed by atoms with Crippen molar-refractivity contribution in [1.29, 1.82) is 0 Å². The van der Waals surface area contributed by atoms with Gasteiger partial charge in [0.15, 0.2) is 0 Å². The van der Waals surface area contributed by atoms with Gasteiger partial charge < -0.3 is 10.0 Å². The molecular formula is C15H20N2O4. The van der Waals surface area contributed by atoms with Gasteiger partial charge in [-0.2, -0.15) is 0 Å². The number of benzene rings is 1. The van der Waals surface area contributed by atoms with Crippen LogP contribution in [0.25, 0.3) is 0 Å². The normalized spacial score (nSPS) is 17.0. The zero-order valence-corrected chi connectivity index (χ0v) is 12.3. The molecule has 1 heterocycles. The average Bonchev–Trinajstić information content (AvgIpc) is 2.91. The van der Waals surface area contributed by atoms with E-state index in [9.17, 15) is 14.9 Å². The Morgan fingerprint density at radius 2 is 2.10 bits per heavy atom. The van der Waals surface area contributed by atoms with Crippen molar-refractivity contribution in [2.45, 2.75) is 33.1 Å². The molecule has 0 unspecified atom stereocenters. The number of nitro benzene ring substituents is 1. The molecule has 2 rings (SSSR count). The van der Waals surface area contributed by atoms with Gasteiger partial charge in [-0.3, -0.25) is 10.1 Å². The summed E-state index contributed by atoms with van der Waals surface area (Å²) in [6.45, 7) is 6.08. The van der Waals surface area contributed by atoms with Crippen LogP contribution in [0.15, 0.2) is 18.2 Å². The fourth-order valence-electron chi connectivity index (χ4n) is 3.03. The smallest absolute Gasteiger partial charge is 0.342 e. The Kier molecular flexibility index (Phi) is 4.16. The third kappa shape index (κ3) is 2.84. The summed E-state index contributed by atoms with van der Waals surface area (Å²) in [5.74, 6) is -1.26. The molecule has 0 spiro atoms.